The minimum absolute atomic E-state index is 0.00170. The van der Waals surface area contributed by atoms with Crippen LogP contribution in [0.2, 0.25) is 0 Å². The van der Waals surface area contributed by atoms with Crippen molar-refractivity contribution in [1.82, 2.24) is 75.3 Å². The summed E-state index contributed by atoms with van der Waals surface area (Å²) < 4.78 is 55.0. The van der Waals surface area contributed by atoms with E-state index in [9.17, 15) is 53.4 Å². The van der Waals surface area contributed by atoms with E-state index < -0.39 is 102 Å². The number of aryl methyl sites for hydroxylation is 1. The third kappa shape index (κ3) is 27.8. The van der Waals surface area contributed by atoms with E-state index in [0.717, 1.165) is 24.2 Å². The number of amides is 5. The Morgan fingerprint density at radius 1 is 0.711 bits per heavy atom. The number of nitrogens with two attached hydrogens (primary N) is 2. The van der Waals surface area contributed by atoms with E-state index in [1.165, 1.54) is 30.7 Å². The molecule has 5 aromatic heterocycles. The lowest BCUT2D eigenvalue weighted by Gasteiger charge is -2.42. The van der Waals surface area contributed by atoms with Gasteiger partial charge in [-0.15, -0.1) is 0 Å². The maximum Gasteiger partial charge on any atom is 0.407 e. The van der Waals surface area contributed by atoms with Gasteiger partial charge in [-0.2, -0.15) is 10.1 Å². The number of allylic oxidation sites excluding steroid dienone is 6. The lowest BCUT2D eigenvalue weighted by Crippen LogP contribution is -2.61. The number of aliphatic hydroxyl groups is 2. The van der Waals surface area contributed by atoms with Crippen LogP contribution in [0.25, 0.3) is 33.4 Å². The number of piperidine rings is 1. The number of cyclic esters (lactones) is 1. The van der Waals surface area contributed by atoms with Crippen molar-refractivity contribution >= 4 is 98.9 Å². The van der Waals surface area contributed by atoms with Crippen LogP contribution in [0.15, 0.2) is 101 Å². The maximum atomic E-state index is 14.8. The quantitative estimate of drug-likeness (QED) is 0.00997. The minimum Gasteiger partial charge on any atom is -0.460 e. The fourth-order valence-electron chi connectivity index (χ4n) is 18.5. The number of hydrogen-bond donors (Lipinski definition) is 7. The summed E-state index contributed by atoms with van der Waals surface area (Å²) in [5.74, 6) is -7.96. The largest absolute Gasteiger partial charge is 0.460 e. The standard InChI is InChI=1S/C96H135N19O20/c1-59-18-12-11-13-19-60(2)76(127-8)51-70-24-21-65(7)96(126,135-70)86(121)90(123)114-31-16-14-20-72(114)91(124)132-77(52-73(116)61(3)47-64(6)84(120)85(129-10)83(119)63(5)46-59)62(4)48-66-22-25-75(78(49-66)128-9)134-95(125)105-55-67-53-101-93(102-54-67)113-39-37-111(38-40-113)80(118)28-43-131-45-41-110-33-35-112(36-34-110)94-103-56-69(57-104-94)89(122)100-30-44-130-42-27-79(117)99-29-15-17-32-115-88-81(87(97)106-58-107-88)82(109-115)68-23-26-74-71(50-68)108-92(98)133-74/h11-13,18-19,23,26,47,50,53-54,56-59,61-63,65-66,70,72,75-78,84-85,120,126H,14-17,20-22,24-25,27-46,48-49,51-52,55H2,1-10H3,(H2,98,108)(H,99,117)(H,100,122)(H,105,125)(H2,97,106,107)/b13-11+,18-12+,60-19+,64-47+/t59-,61?,62-,63-,65-,66+,70+,72+,75-,76?,77+,78-,84-,85+,96-/m1/s1. The number of aliphatic hydroxyl groups excluding tert-OH is 1. The molecular weight excluding hydrogens is 1740 g/mol. The van der Waals surface area contributed by atoms with Crippen molar-refractivity contribution in [2.45, 2.75) is 219 Å². The average molecular weight is 1880 g/mol. The topological polar surface area (TPSA) is 493 Å². The van der Waals surface area contributed by atoms with Crippen LogP contribution in [0, 0.1) is 35.5 Å². The highest BCUT2D eigenvalue weighted by Crippen LogP contribution is 2.40. The van der Waals surface area contributed by atoms with Gasteiger partial charge in [0.15, 0.2) is 17.0 Å². The number of hydrogen-bond acceptors (Lipinski definition) is 33. The van der Waals surface area contributed by atoms with Crippen molar-refractivity contribution in [3.63, 3.8) is 0 Å². The van der Waals surface area contributed by atoms with Gasteiger partial charge in [0.2, 0.25) is 29.5 Å². The molecule has 39 heteroatoms. The SMILES string of the molecule is COC1C[C@@H]2CC[C@@H](C)[C@@](O)(O2)C(=O)C(=O)N2CCCC[C@H]2C(=O)O[C@H]([C@H](C)C[C@@H]2CC[C@@H](OC(=O)NCc3cnc(N4CCN(C(=O)CCOCCN5CCN(c6ncc(C(=O)NCCOCCC(=O)NCCCCn7nc(-c8ccc9oc(N)nc9c8)c8c(N)ncnc87)cn6)CC5)CC4)nc3)[C@H](OC)C2)CC(=O)C(C)/C=C(\C)[C@@H](O)[C@@H](OC)C(=O)[C@H](C)C[C@H](C)/C=C/C=C/C=C/1C. The molecule has 2 bridgehead atoms. The Kier molecular flexibility index (Phi) is 37.7. The molecule has 5 fully saturated rings. The second-order valence-electron chi connectivity index (χ2n) is 36.5. The molecule has 9 N–H and O–H groups in total. The monoisotopic (exact) mass is 1870 g/mol. The molecule has 1 aromatic carbocycles. The molecule has 4 saturated heterocycles. The number of oxazole rings is 1. The molecule has 1 aliphatic carbocycles. The van der Waals surface area contributed by atoms with Crippen molar-refractivity contribution in [3.05, 3.63) is 108 Å². The number of ketones is 3. The summed E-state index contributed by atoms with van der Waals surface area (Å²) in [7, 11) is 4.48. The number of esters is 1. The zero-order chi connectivity index (χ0) is 96.4. The second kappa shape index (κ2) is 49.5. The first kappa shape index (κ1) is 103. The minimum atomic E-state index is -2.49. The summed E-state index contributed by atoms with van der Waals surface area (Å²) in [6.45, 7) is 20.6. The predicted octanol–water partition coefficient (Wildman–Crippen LogP) is 7.42. The van der Waals surface area contributed by atoms with E-state index in [-0.39, 0.29) is 112 Å². The Balaban J connectivity index is 0.525. The fourth-order valence-corrected chi connectivity index (χ4v) is 18.5. The summed E-state index contributed by atoms with van der Waals surface area (Å²) in [6, 6.07) is 4.30. The first-order chi connectivity index (χ1) is 65.0. The van der Waals surface area contributed by atoms with E-state index in [0.29, 0.717) is 205 Å². The number of methoxy groups -OCH3 is 3. The van der Waals surface area contributed by atoms with Gasteiger partial charge in [-0.25, -0.2) is 44.2 Å². The highest BCUT2D eigenvalue weighted by molar-refractivity contribution is 6.39. The van der Waals surface area contributed by atoms with Crippen LogP contribution in [0.1, 0.15) is 167 Å². The van der Waals surface area contributed by atoms with Crippen LogP contribution >= 0.6 is 0 Å². The van der Waals surface area contributed by atoms with Crippen molar-refractivity contribution in [1.29, 1.82) is 0 Å². The molecule has 135 heavy (non-hydrogen) atoms. The Hall–Kier alpha value is -11.2. The van der Waals surface area contributed by atoms with Crippen LogP contribution in [0.3, 0.4) is 0 Å². The lowest BCUT2D eigenvalue weighted by molar-refractivity contribution is -0.265. The van der Waals surface area contributed by atoms with Crippen molar-refractivity contribution in [2.75, 3.05) is 148 Å². The lowest BCUT2D eigenvalue weighted by atomic mass is 9.78. The van der Waals surface area contributed by atoms with Crippen LogP contribution < -0.4 is 37.2 Å². The Morgan fingerprint density at radius 2 is 1.44 bits per heavy atom. The van der Waals surface area contributed by atoms with Gasteiger partial charge < -0.3 is 99.5 Å². The number of rotatable bonds is 30. The van der Waals surface area contributed by atoms with E-state index in [1.54, 1.807) is 71.1 Å². The van der Waals surface area contributed by atoms with Crippen LogP contribution in [-0.2, 0) is 84.5 Å². The molecule has 10 heterocycles. The number of unbranched alkanes of at least 4 members (excludes halogenated alkanes) is 1. The number of carbonyl (C=O) groups is 9. The summed E-state index contributed by atoms with van der Waals surface area (Å²) in [6.07, 6.45) is 18.5. The van der Waals surface area contributed by atoms with Crippen LogP contribution in [-0.4, -0.2) is 303 Å². The average Bonchev–Trinajstić information content (AvgIpc) is 1.63. The number of alkyl carbamates (subject to hydrolysis) is 1. The Bertz CT molecular complexity index is 5130. The zero-order valence-corrected chi connectivity index (χ0v) is 79.4. The Labute approximate surface area is 787 Å². The van der Waals surface area contributed by atoms with Crippen molar-refractivity contribution in [3.8, 4) is 11.3 Å². The van der Waals surface area contributed by atoms with Crippen LogP contribution in [0.4, 0.5) is 28.5 Å². The van der Waals surface area contributed by atoms with E-state index in [2.05, 4.69) is 60.6 Å². The number of nitrogen functional groups attached to an aromatic ring is 2. The van der Waals surface area contributed by atoms with Gasteiger partial charge in [-0.1, -0.05) is 71.1 Å². The van der Waals surface area contributed by atoms with Gasteiger partial charge in [0, 0.05) is 186 Å². The molecule has 2 unspecified atom stereocenters. The fraction of sp³-hybridized carbons (Fsp3) is 0.615. The van der Waals surface area contributed by atoms with Gasteiger partial charge in [0.1, 0.15) is 59.6 Å². The number of fused-ring (bicyclic) bond motifs is 5. The molecule has 15 atom stereocenters. The molecule has 0 spiro atoms. The molecule has 5 amide bonds. The van der Waals surface area contributed by atoms with E-state index in [4.69, 9.17) is 58.9 Å². The third-order valence-electron chi connectivity index (χ3n) is 26.7. The third-order valence-corrected chi connectivity index (χ3v) is 26.7. The van der Waals surface area contributed by atoms with Crippen molar-refractivity contribution in [2.24, 2.45) is 35.5 Å². The smallest absolute Gasteiger partial charge is 0.407 e. The molecule has 12 rings (SSSR count). The summed E-state index contributed by atoms with van der Waals surface area (Å²) >= 11 is 0. The maximum absolute atomic E-state index is 14.8. The van der Waals surface area contributed by atoms with Gasteiger partial charge in [-0.05, 0) is 138 Å². The number of carbonyl (C=O) groups excluding carboxylic acids is 9. The highest BCUT2D eigenvalue weighted by atomic mass is 16.6. The molecule has 1 saturated carbocycles. The van der Waals surface area contributed by atoms with Gasteiger partial charge in [-0.3, -0.25) is 38.5 Å². The number of piperazine rings is 2. The summed E-state index contributed by atoms with van der Waals surface area (Å²) in [4.78, 5) is 165. The number of ether oxygens (including phenoxy) is 8. The molecule has 0 radical (unpaired) electrons. The number of nitrogens with zero attached hydrogens (tertiary/aromatic N) is 14. The zero-order valence-electron chi connectivity index (χ0n) is 79.4. The van der Waals surface area contributed by atoms with E-state index in [1.807, 2.05) is 73.1 Å². The number of Topliss-reactive ketones (excluding diaryl/α,β-unsaturated/α-hetero) is 3. The molecule has 39 nitrogen and oxygen atoms in total. The summed E-state index contributed by atoms with van der Waals surface area (Å²) in [5.41, 5.74) is 17.3. The molecular formula is C96H135N19O20. The van der Waals surface area contributed by atoms with Crippen LogP contribution in [0.5, 0.6) is 0 Å². The van der Waals surface area contributed by atoms with Gasteiger partial charge in [0.05, 0.1) is 62.1 Å². The molecule has 6 aliphatic rings. The second-order valence-corrected chi connectivity index (χ2v) is 36.5. The number of benzene rings is 1. The van der Waals surface area contributed by atoms with Crippen molar-refractivity contribution < 1.29 is 95.7 Å². The predicted molar refractivity (Wildman–Crippen MR) is 500 cm³/mol. The highest BCUT2D eigenvalue weighted by Gasteiger charge is 2.53. The molecule has 734 valence electrons. The first-order valence-corrected chi connectivity index (χ1v) is 47.4. The first-order valence-electron chi connectivity index (χ1n) is 47.4. The Morgan fingerprint density at radius 3 is 2.17 bits per heavy atom. The molecule has 5 aliphatic heterocycles. The normalized spacial score (nSPS) is 27.0. The molecule has 6 aromatic rings. The van der Waals surface area contributed by atoms with Gasteiger partial charge >= 0.3 is 12.1 Å². The number of anilines is 4. The van der Waals surface area contributed by atoms with E-state index >= 15 is 0 Å². The summed E-state index contributed by atoms with van der Waals surface area (Å²) in [5, 5.41) is 37.9. The van der Waals surface area contributed by atoms with Gasteiger partial charge in [0.25, 0.3) is 23.6 Å². The number of nitrogens with one attached hydrogen (secondary N) is 3. The number of aromatic nitrogens is 9.